The predicted molar refractivity (Wildman–Crippen MR) is 74.0 cm³/mol. The molecule has 0 fully saturated rings. The molecule has 0 radical (unpaired) electrons. The van der Waals surface area contributed by atoms with E-state index in [1.807, 2.05) is 42.6 Å². The van der Waals surface area contributed by atoms with Crippen molar-refractivity contribution in [3.63, 3.8) is 0 Å². The molecule has 0 saturated heterocycles. The van der Waals surface area contributed by atoms with Gasteiger partial charge in [0.1, 0.15) is 0 Å². The maximum Gasteiger partial charge on any atom is 0.0584 e. The zero-order valence-corrected chi connectivity index (χ0v) is 10.4. The first-order valence-electron chi connectivity index (χ1n) is 6.03. The molecular weight excluding hydrogens is 220 g/mol. The Morgan fingerprint density at radius 1 is 1.17 bits per heavy atom. The molecule has 18 heavy (non-hydrogen) atoms. The molecule has 0 bridgehead atoms. The highest BCUT2D eigenvalue weighted by Gasteiger charge is 2.01. The van der Waals surface area contributed by atoms with Crippen molar-refractivity contribution in [2.45, 2.75) is 13.0 Å². The third-order valence-corrected chi connectivity index (χ3v) is 2.69. The molecule has 2 rings (SSSR count). The summed E-state index contributed by atoms with van der Waals surface area (Å²) in [5, 5.41) is 3.36. The summed E-state index contributed by atoms with van der Waals surface area (Å²) in [5.74, 6) is 6.24. The largest absolute Gasteiger partial charge is 0.300 e. The first-order valence-corrected chi connectivity index (χ1v) is 6.03. The molecule has 0 aliphatic rings. The van der Waals surface area contributed by atoms with Crippen LogP contribution < -0.4 is 5.32 Å². The van der Waals surface area contributed by atoms with Crippen LogP contribution >= 0.6 is 0 Å². The van der Waals surface area contributed by atoms with E-state index in [4.69, 9.17) is 0 Å². The van der Waals surface area contributed by atoms with Crippen LogP contribution in [0.4, 0.5) is 0 Å². The summed E-state index contributed by atoms with van der Waals surface area (Å²) in [4.78, 5) is 4.11. The van der Waals surface area contributed by atoms with E-state index in [1.165, 1.54) is 5.56 Å². The smallest absolute Gasteiger partial charge is 0.0584 e. The lowest BCUT2D eigenvalue weighted by Crippen LogP contribution is -2.18. The molecular formula is C16H16N2. The lowest BCUT2D eigenvalue weighted by molar-refractivity contribution is 0.621. The van der Waals surface area contributed by atoms with Crippen molar-refractivity contribution in [3.8, 4) is 11.8 Å². The molecule has 1 aromatic carbocycles. The Balaban J connectivity index is 1.85. The Morgan fingerprint density at radius 3 is 2.72 bits per heavy atom. The summed E-state index contributed by atoms with van der Waals surface area (Å²) in [6.07, 6.45) is 3.66. The van der Waals surface area contributed by atoms with Gasteiger partial charge in [-0.15, -0.1) is 0 Å². The molecule has 0 saturated carbocycles. The minimum atomic E-state index is 0.267. The second kappa shape index (κ2) is 6.58. The number of hydrogen-bond acceptors (Lipinski definition) is 2. The van der Waals surface area contributed by atoms with Crippen molar-refractivity contribution < 1.29 is 0 Å². The van der Waals surface area contributed by atoms with Gasteiger partial charge in [-0.1, -0.05) is 36.1 Å². The van der Waals surface area contributed by atoms with E-state index < -0.39 is 0 Å². The van der Waals surface area contributed by atoms with E-state index in [1.54, 1.807) is 6.20 Å². The summed E-state index contributed by atoms with van der Waals surface area (Å²) >= 11 is 0. The summed E-state index contributed by atoms with van der Waals surface area (Å²) in [5.41, 5.74) is 2.23. The monoisotopic (exact) mass is 236 g/mol. The standard InChI is InChI=1S/C16H16N2/c1-14(16-10-6-11-17-13-16)18-12-5-9-15-7-3-2-4-8-15/h2-4,6-8,10-11,13-14,18H,12H2,1H3. The summed E-state index contributed by atoms with van der Waals surface area (Å²) < 4.78 is 0. The molecule has 90 valence electrons. The number of aromatic nitrogens is 1. The van der Waals surface area contributed by atoms with Crippen LogP contribution in [0.15, 0.2) is 54.9 Å². The molecule has 1 N–H and O–H groups in total. The van der Waals surface area contributed by atoms with Crippen LogP contribution in [-0.2, 0) is 0 Å². The highest BCUT2D eigenvalue weighted by Crippen LogP contribution is 2.08. The average molecular weight is 236 g/mol. The van der Waals surface area contributed by atoms with Gasteiger partial charge in [-0.3, -0.25) is 10.3 Å². The molecule has 2 heteroatoms. The number of nitrogens with one attached hydrogen (secondary N) is 1. The normalized spacial score (nSPS) is 11.4. The Morgan fingerprint density at radius 2 is 2.00 bits per heavy atom. The van der Waals surface area contributed by atoms with Gasteiger partial charge in [-0.25, -0.2) is 0 Å². The van der Waals surface area contributed by atoms with Crippen molar-refractivity contribution in [3.05, 3.63) is 66.0 Å². The first-order chi connectivity index (χ1) is 8.86. The number of rotatable bonds is 3. The van der Waals surface area contributed by atoms with E-state index in [0.717, 1.165) is 5.56 Å². The van der Waals surface area contributed by atoms with Crippen LogP contribution in [0, 0.1) is 11.8 Å². The Bertz CT molecular complexity index is 523. The zero-order valence-electron chi connectivity index (χ0n) is 10.4. The van der Waals surface area contributed by atoms with Crippen molar-refractivity contribution in [2.24, 2.45) is 0 Å². The van der Waals surface area contributed by atoms with Gasteiger partial charge in [0.15, 0.2) is 0 Å². The molecule has 1 atom stereocenters. The predicted octanol–water partition coefficient (Wildman–Crippen LogP) is 2.78. The molecule has 0 aliphatic carbocycles. The van der Waals surface area contributed by atoms with Crippen molar-refractivity contribution in [1.82, 2.24) is 10.3 Å². The average Bonchev–Trinajstić information content (AvgIpc) is 2.45. The SMILES string of the molecule is CC(NCC#Cc1ccccc1)c1cccnc1. The van der Waals surface area contributed by atoms with Crippen molar-refractivity contribution in [2.75, 3.05) is 6.54 Å². The molecule has 1 unspecified atom stereocenters. The van der Waals surface area contributed by atoms with Crippen LogP contribution in [-0.4, -0.2) is 11.5 Å². The number of hydrogen-bond donors (Lipinski definition) is 1. The third-order valence-electron chi connectivity index (χ3n) is 2.69. The summed E-state index contributed by atoms with van der Waals surface area (Å²) in [6, 6.07) is 14.3. The molecule has 2 aromatic rings. The van der Waals surface area contributed by atoms with Crippen molar-refractivity contribution in [1.29, 1.82) is 0 Å². The number of nitrogens with zero attached hydrogens (tertiary/aromatic N) is 1. The maximum atomic E-state index is 4.11. The Labute approximate surface area is 108 Å². The lowest BCUT2D eigenvalue weighted by Gasteiger charge is -2.10. The van der Waals surface area contributed by atoms with E-state index >= 15 is 0 Å². The highest BCUT2D eigenvalue weighted by molar-refractivity contribution is 5.33. The second-order valence-corrected chi connectivity index (χ2v) is 4.06. The van der Waals surface area contributed by atoms with Crippen LogP contribution in [0.2, 0.25) is 0 Å². The van der Waals surface area contributed by atoms with Crippen LogP contribution in [0.1, 0.15) is 24.1 Å². The molecule has 0 aliphatic heterocycles. The second-order valence-electron chi connectivity index (χ2n) is 4.06. The van der Waals surface area contributed by atoms with Crippen LogP contribution in [0.5, 0.6) is 0 Å². The van der Waals surface area contributed by atoms with Gasteiger partial charge in [-0.05, 0) is 30.7 Å². The molecule has 1 aromatic heterocycles. The van der Waals surface area contributed by atoms with Gasteiger partial charge in [0, 0.05) is 24.0 Å². The molecule has 1 heterocycles. The Kier molecular flexibility index (Phi) is 4.52. The van der Waals surface area contributed by atoms with E-state index in [2.05, 4.69) is 35.1 Å². The highest BCUT2D eigenvalue weighted by atomic mass is 14.9. The van der Waals surface area contributed by atoms with Crippen molar-refractivity contribution >= 4 is 0 Å². The minimum absolute atomic E-state index is 0.267. The van der Waals surface area contributed by atoms with Gasteiger partial charge in [0.25, 0.3) is 0 Å². The van der Waals surface area contributed by atoms with Crippen LogP contribution in [0.3, 0.4) is 0 Å². The van der Waals surface area contributed by atoms with E-state index in [9.17, 15) is 0 Å². The summed E-state index contributed by atoms with van der Waals surface area (Å²) in [7, 11) is 0. The van der Waals surface area contributed by atoms with E-state index in [0.29, 0.717) is 6.54 Å². The quantitative estimate of drug-likeness (QED) is 0.829. The Hall–Kier alpha value is -2.11. The van der Waals surface area contributed by atoms with Gasteiger partial charge in [-0.2, -0.15) is 0 Å². The first kappa shape index (κ1) is 12.3. The fourth-order valence-corrected chi connectivity index (χ4v) is 1.62. The molecule has 2 nitrogen and oxygen atoms in total. The minimum Gasteiger partial charge on any atom is -0.300 e. The third kappa shape index (κ3) is 3.73. The molecule has 0 spiro atoms. The van der Waals surface area contributed by atoms with Gasteiger partial charge in [0.05, 0.1) is 6.54 Å². The van der Waals surface area contributed by atoms with Gasteiger partial charge >= 0.3 is 0 Å². The maximum absolute atomic E-state index is 4.11. The lowest BCUT2D eigenvalue weighted by atomic mass is 10.1. The number of benzene rings is 1. The van der Waals surface area contributed by atoms with Crippen LogP contribution in [0.25, 0.3) is 0 Å². The topological polar surface area (TPSA) is 24.9 Å². The van der Waals surface area contributed by atoms with Gasteiger partial charge < -0.3 is 0 Å². The fourth-order valence-electron chi connectivity index (χ4n) is 1.62. The molecule has 0 amide bonds. The van der Waals surface area contributed by atoms with E-state index in [-0.39, 0.29) is 6.04 Å². The number of pyridine rings is 1. The zero-order chi connectivity index (χ0) is 12.6. The summed E-state index contributed by atoms with van der Waals surface area (Å²) in [6.45, 7) is 2.78. The fraction of sp³-hybridized carbons (Fsp3) is 0.188. The van der Waals surface area contributed by atoms with Gasteiger partial charge in [0.2, 0.25) is 0 Å².